The summed E-state index contributed by atoms with van der Waals surface area (Å²) in [5, 5.41) is 16.7. The third-order valence-electron chi connectivity index (χ3n) is 1.51. The minimum Gasteiger partial charge on any atom is -0.384 e. The number of aryl methyl sites for hydroxylation is 1. The van der Waals surface area contributed by atoms with Crippen LogP contribution in [0.2, 0.25) is 0 Å². The molecule has 0 saturated carbocycles. The maximum atomic E-state index is 9.28. The molecule has 1 unspecified atom stereocenters. The molecule has 1 aromatic heterocycles. The van der Waals surface area contributed by atoms with Crippen LogP contribution in [0.25, 0.3) is 0 Å². The number of hydrogen-bond donors (Lipinski definition) is 2. The zero-order valence-electron chi connectivity index (χ0n) is 6.44. The molecule has 1 atom stereocenters. The standard InChI is InChI=1S/C6H12N4O/c1-2-10-4-8-9-6(10)5(11)3-7/h4-5,11H,2-3,7H2,1H3. The van der Waals surface area contributed by atoms with Gasteiger partial charge in [-0.25, -0.2) is 0 Å². The van der Waals surface area contributed by atoms with Gasteiger partial charge in [0.05, 0.1) is 0 Å². The van der Waals surface area contributed by atoms with Gasteiger partial charge in [0.15, 0.2) is 5.82 Å². The molecule has 5 nitrogen and oxygen atoms in total. The van der Waals surface area contributed by atoms with Crippen molar-refractivity contribution in [1.82, 2.24) is 14.8 Å². The van der Waals surface area contributed by atoms with Crippen molar-refractivity contribution < 1.29 is 5.11 Å². The van der Waals surface area contributed by atoms with Crippen LogP contribution in [-0.2, 0) is 6.54 Å². The van der Waals surface area contributed by atoms with Crippen LogP contribution in [0.15, 0.2) is 6.33 Å². The molecule has 0 aliphatic carbocycles. The van der Waals surface area contributed by atoms with Crippen LogP contribution in [0, 0.1) is 0 Å². The molecule has 0 radical (unpaired) electrons. The molecule has 0 bridgehead atoms. The van der Waals surface area contributed by atoms with E-state index in [9.17, 15) is 5.11 Å². The fourth-order valence-electron chi connectivity index (χ4n) is 0.871. The second kappa shape index (κ2) is 3.45. The van der Waals surface area contributed by atoms with Crippen molar-refractivity contribution in [1.29, 1.82) is 0 Å². The first-order chi connectivity index (χ1) is 5.29. The fourth-order valence-corrected chi connectivity index (χ4v) is 0.871. The molecule has 0 fully saturated rings. The zero-order valence-corrected chi connectivity index (χ0v) is 6.44. The number of aliphatic hydroxyl groups is 1. The van der Waals surface area contributed by atoms with Crippen LogP contribution < -0.4 is 5.73 Å². The topological polar surface area (TPSA) is 77.0 Å². The van der Waals surface area contributed by atoms with Gasteiger partial charge in [-0.2, -0.15) is 0 Å². The number of hydrogen-bond acceptors (Lipinski definition) is 4. The summed E-state index contributed by atoms with van der Waals surface area (Å²) in [5.41, 5.74) is 5.26. The SMILES string of the molecule is CCn1cnnc1C(O)CN. The predicted octanol–water partition coefficient (Wildman–Crippen LogP) is -0.710. The van der Waals surface area contributed by atoms with Gasteiger partial charge in [-0.1, -0.05) is 0 Å². The lowest BCUT2D eigenvalue weighted by atomic mass is 10.3. The highest BCUT2D eigenvalue weighted by molar-refractivity contribution is 4.90. The molecule has 0 saturated heterocycles. The van der Waals surface area contributed by atoms with Crippen molar-refractivity contribution in [3.8, 4) is 0 Å². The molecule has 0 aliphatic heterocycles. The molecule has 62 valence electrons. The van der Waals surface area contributed by atoms with Gasteiger partial charge in [0.25, 0.3) is 0 Å². The molecular weight excluding hydrogens is 144 g/mol. The van der Waals surface area contributed by atoms with Gasteiger partial charge >= 0.3 is 0 Å². The smallest absolute Gasteiger partial charge is 0.163 e. The van der Waals surface area contributed by atoms with E-state index in [0.717, 1.165) is 6.54 Å². The Morgan fingerprint density at radius 2 is 2.55 bits per heavy atom. The molecule has 0 aliphatic rings. The molecule has 11 heavy (non-hydrogen) atoms. The number of nitrogens with two attached hydrogens (primary N) is 1. The van der Waals surface area contributed by atoms with Gasteiger partial charge in [0, 0.05) is 13.1 Å². The van der Waals surface area contributed by atoms with Crippen molar-refractivity contribution >= 4 is 0 Å². The average molecular weight is 156 g/mol. The second-order valence-electron chi connectivity index (χ2n) is 2.23. The molecule has 1 heterocycles. The summed E-state index contributed by atoms with van der Waals surface area (Å²) in [5.74, 6) is 0.537. The number of aromatic nitrogens is 3. The average Bonchev–Trinajstić information content (AvgIpc) is 2.50. The van der Waals surface area contributed by atoms with Crippen molar-refractivity contribution in [3.63, 3.8) is 0 Å². The molecule has 3 N–H and O–H groups in total. The van der Waals surface area contributed by atoms with E-state index in [1.165, 1.54) is 0 Å². The van der Waals surface area contributed by atoms with Gasteiger partial charge in [0.2, 0.25) is 0 Å². The Hall–Kier alpha value is -0.940. The van der Waals surface area contributed by atoms with Crippen LogP contribution in [-0.4, -0.2) is 26.4 Å². The van der Waals surface area contributed by atoms with Gasteiger partial charge in [-0.3, -0.25) is 0 Å². The molecular formula is C6H12N4O. The maximum Gasteiger partial charge on any atom is 0.163 e. The van der Waals surface area contributed by atoms with Gasteiger partial charge < -0.3 is 15.4 Å². The highest BCUT2D eigenvalue weighted by atomic mass is 16.3. The molecule has 5 heteroatoms. The van der Waals surface area contributed by atoms with E-state index < -0.39 is 6.10 Å². The van der Waals surface area contributed by atoms with E-state index in [2.05, 4.69) is 10.2 Å². The summed E-state index contributed by atoms with van der Waals surface area (Å²) in [7, 11) is 0. The number of aliphatic hydroxyl groups excluding tert-OH is 1. The highest BCUT2D eigenvalue weighted by Crippen LogP contribution is 2.06. The highest BCUT2D eigenvalue weighted by Gasteiger charge is 2.11. The van der Waals surface area contributed by atoms with E-state index in [-0.39, 0.29) is 6.54 Å². The molecule has 0 aromatic carbocycles. The molecule has 0 amide bonds. The minimum atomic E-state index is -0.697. The minimum absolute atomic E-state index is 0.179. The summed E-state index contributed by atoms with van der Waals surface area (Å²) >= 11 is 0. The van der Waals surface area contributed by atoms with E-state index >= 15 is 0 Å². The zero-order chi connectivity index (χ0) is 8.27. The van der Waals surface area contributed by atoms with Gasteiger partial charge in [0.1, 0.15) is 12.4 Å². The van der Waals surface area contributed by atoms with Crippen LogP contribution in [0.1, 0.15) is 18.9 Å². The van der Waals surface area contributed by atoms with Crippen molar-refractivity contribution in [3.05, 3.63) is 12.2 Å². The second-order valence-corrected chi connectivity index (χ2v) is 2.23. The Balaban J connectivity index is 2.83. The molecule has 1 aromatic rings. The van der Waals surface area contributed by atoms with Crippen LogP contribution in [0.3, 0.4) is 0 Å². The van der Waals surface area contributed by atoms with Crippen molar-refractivity contribution in [2.24, 2.45) is 5.73 Å². The van der Waals surface area contributed by atoms with E-state index in [4.69, 9.17) is 5.73 Å². The van der Waals surface area contributed by atoms with Crippen LogP contribution >= 0.6 is 0 Å². The summed E-state index contributed by atoms with van der Waals surface area (Å²) in [4.78, 5) is 0. The summed E-state index contributed by atoms with van der Waals surface area (Å²) in [6.45, 7) is 2.88. The van der Waals surface area contributed by atoms with E-state index in [1.807, 2.05) is 6.92 Å². The lowest BCUT2D eigenvalue weighted by Gasteiger charge is -2.06. The van der Waals surface area contributed by atoms with Gasteiger partial charge in [-0.05, 0) is 6.92 Å². The Bertz CT molecular complexity index is 222. The largest absolute Gasteiger partial charge is 0.384 e. The predicted molar refractivity (Wildman–Crippen MR) is 39.7 cm³/mol. The van der Waals surface area contributed by atoms with E-state index in [1.54, 1.807) is 10.9 Å². The van der Waals surface area contributed by atoms with Crippen molar-refractivity contribution in [2.45, 2.75) is 19.6 Å². The molecule has 0 spiro atoms. The van der Waals surface area contributed by atoms with Gasteiger partial charge in [-0.15, -0.1) is 10.2 Å². The first kappa shape index (κ1) is 8.16. The normalized spacial score (nSPS) is 13.4. The van der Waals surface area contributed by atoms with E-state index in [0.29, 0.717) is 5.82 Å². The first-order valence-electron chi connectivity index (χ1n) is 3.55. The molecule has 1 rings (SSSR count). The third kappa shape index (κ3) is 1.55. The Morgan fingerprint density at radius 3 is 3.09 bits per heavy atom. The van der Waals surface area contributed by atoms with Crippen LogP contribution in [0.4, 0.5) is 0 Å². The lowest BCUT2D eigenvalue weighted by molar-refractivity contribution is 0.171. The Kier molecular flexibility index (Phi) is 2.56. The maximum absolute atomic E-state index is 9.28. The Morgan fingerprint density at radius 1 is 1.82 bits per heavy atom. The van der Waals surface area contributed by atoms with Crippen LogP contribution in [0.5, 0.6) is 0 Å². The van der Waals surface area contributed by atoms with Crippen molar-refractivity contribution in [2.75, 3.05) is 6.54 Å². The number of nitrogens with zero attached hydrogens (tertiary/aromatic N) is 3. The quantitative estimate of drug-likeness (QED) is 0.606. The summed E-state index contributed by atoms with van der Waals surface area (Å²) < 4.78 is 1.76. The lowest BCUT2D eigenvalue weighted by Crippen LogP contribution is -2.16. The Labute approximate surface area is 64.9 Å². The number of rotatable bonds is 3. The summed E-state index contributed by atoms with van der Waals surface area (Å²) in [6.07, 6.45) is 0.881. The first-order valence-corrected chi connectivity index (χ1v) is 3.55. The monoisotopic (exact) mass is 156 g/mol. The third-order valence-corrected chi connectivity index (χ3v) is 1.51. The summed E-state index contributed by atoms with van der Waals surface area (Å²) in [6, 6.07) is 0. The fraction of sp³-hybridized carbons (Fsp3) is 0.667.